The van der Waals surface area contributed by atoms with Crippen LogP contribution in [0.5, 0.6) is 0 Å². The first-order chi connectivity index (χ1) is 8.16. The highest BCUT2D eigenvalue weighted by Gasteiger charge is 2.51. The molecule has 0 bridgehead atoms. The summed E-state index contributed by atoms with van der Waals surface area (Å²) in [5, 5.41) is 10.2. The number of aliphatic hydroxyl groups is 1. The van der Waals surface area contributed by atoms with Crippen LogP contribution in [0, 0.1) is 5.41 Å². The zero-order valence-corrected chi connectivity index (χ0v) is 13.8. The molecule has 0 unspecified atom stereocenters. The maximum Gasteiger partial charge on any atom is 0.192 e. The third-order valence-corrected chi connectivity index (χ3v) is 10.2. The minimum atomic E-state index is -1.67. The zero-order valence-electron chi connectivity index (χ0n) is 12.8. The van der Waals surface area contributed by atoms with Crippen LogP contribution in [0.25, 0.3) is 0 Å². The lowest BCUT2D eigenvalue weighted by Crippen LogP contribution is -2.47. The van der Waals surface area contributed by atoms with Crippen molar-refractivity contribution in [3.63, 3.8) is 0 Å². The lowest BCUT2D eigenvalue weighted by atomic mass is 9.82. The van der Waals surface area contributed by atoms with Crippen LogP contribution in [-0.2, 0) is 4.43 Å². The van der Waals surface area contributed by atoms with E-state index in [1.807, 2.05) is 0 Å². The van der Waals surface area contributed by atoms with Crippen molar-refractivity contribution in [2.24, 2.45) is 5.41 Å². The first kappa shape index (κ1) is 14.5. The highest BCUT2D eigenvalue weighted by atomic mass is 28.4. The summed E-state index contributed by atoms with van der Waals surface area (Å²) in [4.78, 5) is 0. The number of hydrogen-bond acceptors (Lipinski definition) is 2. The Morgan fingerprint density at radius 1 is 1.17 bits per heavy atom. The molecule has 2 aliphatic rings. The van der Waals surface area contributed by atoms with Gasteiger partial charge in [-0.15, -0.1) is 0 Å². The van der Waals surface area contributed by atoms with Gasteiger partial charge < -0.3 is 9.53 Å². The van der Waals surface area contributed by atoms with Crippen molar-refractivity contribution in [2.75, 3.05) is 0 Å². The molecule has 106 valence electrons. The SMILES string of the molecule is CC(C)(C)[Si](C)(C)O[C@H]1CCC[C@]12CC[C@H](O)C2. The van der Waals surface area contributed by atoms with E-state index in [-0.39, 0.29) is 11.1 Å². The summed E-state index contributed by atoms with van der Waals surface area (Å²) in [6.07, 6.45) is 7.23. The normalized spacial score (nSPS) is 37.7. The fourth-order valence-electron chi connectivity index (χ4n) is 3.47. The van der Waals surface area contributed by atoms with E-state index in [0.717, 1.165) is 12.8 Å². The van der Waals surface area contributed by atoms with Gasteiger partial charge in [0.1, 0.15) is 0 Å². The van der Waals surface area contributed by atoms with Gasteiger partial charge in [0.2, 0.25) is 0 Å². The van der Waals surface area contributed by atoms with E-state index in [9.17, 15) is 5.11 Å². The summed E-state index contributed by atoms with van der Waals surface area (Å²) in [5.41, 5.74) is 0.314. The topological polar surface area (TPSA) is 29.5 Å². The second kappa shape index (κ2) is 4.60. The summed E-state index contributed by atoms with van der Waals surface area (Å²) in [6.45, 7) is 11.6. The molecule has 3 atom stereocenters. The molecule has 0 aromatic heterocycles. The highest BCUT2D eigenvalue weighted by Crippen LogP contribution is 2.53. The molecule has 0 aromatic carbocycles. The van der Waals surface area contributed by atoms with E-state index in [1.54, 1.807) is 0 Å². The number of rotatable bonds is 2. The fourth-order valence-corrected chi connectivity index (χ4v) is 4.90. The van der Waals surface area contributed by atoms with Gasteiger partial charge in [0, 0.05) is 0 Å². The fraction of sp³-hybridized carbons (Fsp3) is 1.00. The molecule has 2 fully saturated rings. The molecule has 0 aliphatic heterocycles. The van der Waals surface area contributed by atoms with E-state index in [2.05, 4.69) is 33.9 Å². The van der Waals surface area contributed by atoms with Crippen LogP contribution >= 0.6 is 0 Å². The molecule has 18 heavy (non-hydrogen) atoms. The van der Waals surface area contributed by atoms with Crippen LogP contribution < -0.4 is 0 Å². The van der Waals surface area contributed by atoms with E-state index in [1.165, 1.54) is 25.7 Å². The van der Waals surface area contributed by atoms with E-state index in [0.29, 0.717) is 11.5 Å². The maximum absolute atomic E-state index is 9.89. The van der Waals surface area contributed by atoms with Gasteiger partial charge in [-0.2, -0.15) is 0 Å². The van der Waals surface area contributed by atoms with Gasteiger partial charge in [-0.3, -0.25) is 0 Å². The zero-order chi connectivity index (χ0) is 13.6. The Morgan fingerprint density at radius 3 is 2.33 bits per heavy atom. The first-order valence-electron chi connectivity index (χ1n) is 7.52. The predicted octanol–water partition coefficient (Wildman–Crippen LogP) is 4.09. The largest absolute Gasteiger partial charge is 0.413 e. The van der Waals surface area contributed by atoms with E-state index < -0.39 is 8.32 Å². The highest BCUT2D eigenvalue weighted by molar-refractivity contribution is 6.74. The molecule has 1 N–H and O–H groups in total. The second-order valence-corrected chi connectivity index (χ2v) is 12.8. The summed E-state index contributed by atoms with van der Waals surface area (Å²) >= 11 is 0. The van der Waals surface area contributed by atoms with E-state index in [4.69, 9.17) is 4.43 Å². The Labute approximate surface area is 113 Å². The van der Waals surface area contributed by atoms with Crippen LogP contribution in [0.15, 0.2) is 0 Å². The predicted molar refractivity (Wildman–Crippen MR) is 78.2 cm³/mol. The molecular formula is C15H30O2Si. The van der Waals surface area contributed by atoms with Crippen molar-refractivity contribution in [2.45, 2.75) is 89.6 Å². The number of aliphatic hydroxyl groups excluding tert-OH is 1. The molecule has 0 saturated heterocycles. The van der Waals surface area contributed by atoms with Gasteiger partial charge in [-0.1, -0.05) is 27.2 Å². The quantitative estimate of drug-likeness (QED) is 0.766. The number of hydrogen-bond donors (Lipinski definition) is 1. The minimum absolute atomic E-state index is 0.0754. The van der Waals surface area contributed by atoms with Crippen molar-refractivity contribution in [1.82, 2.24) is 0 Å². The Bertz CT molecular complexity index is 308. The van der Waals surface area contributed by atoms with Gasteiger partial charge in [-0.25, -0.2) is 0 Å². The molecule has 2 aliphatic carbocycles. The standard InChI is InChI=1S/C15H30O2Si/c1-14(2,3)18(4,5)17-13-7-6-9-15(13)10-8-12(16)11-15/h12-13,16H,6-11H2,1-5H3/t12-,13-,15+/m0/s1. The van der Waals surface area contributed by atoms with E-state index >= 15 is 0 Å². The minimum Gasteiger partial charge on any atom is -0.413 e. The molecule has 2 rings (SSSR count). The molecule has 0 heterocycles. The molecule has 1 spiro atoms. The van der Waals surface area contributed by atoms with Crippen LogP contribution in [0.1, 0.15) is 59.3 Å². The van der Waals surface area contributed by atoms with Gasteiger partial charge in [0.25, 0.3) is 0 Å². The third kappa shape index (κ3) is 2.54. The van der Waals surface area contributed by atoms with Crippen LogP contribution in [0.3, 0.4) is 0 Å². The van der Waals surface area contributed by atoms with Crippen molar-refractivity contribution in [3.8, 4) is 0 Å². The van der Waals surface area contributed by atoms with Gasteiger partial charge in [0.15, 0.2) is 8.32 Å². The Morgan fingerprint density at radius 2 is 1.83 bits per heavy atom. The Hall–Kier alpha value is 0.137. The lowest BCUT2D eigenvalue weighted by Gasteiger charge is -2.43. The molecule has 2 saturated carbocycles. The van der Waals surface area contributed by atoms with Crippen molar-refractivity contribution in [1.29, 1.82) is 0 Å². The summed E-state index contributed by atoms with van der Waals surface area (Å²) in [7, 11) is -1.67. The van der Waals surface area contributed by atoms with Crippen LogP contribution in [0.4, 0.5) is 0 Å². The lowest BCUT2D eigenvalue weighted by molar-refractivity contribution is 0.0535. The smallest absolute Gasteiger partial charge is 0.192 e. The van der Waals surface area contributed by atoms with Crippen molar-refractivity contribution < 1.29 is 9.53 Å². The Balaban J connectivity index is 2.09. The summed E-state index contributed by atoms with van der Waals surface area (Å²) < 4.78 is 6.68. The second-order valence-electron chi connectivity index (χ2n) is 8.02. The molecule has 0 amide bonds. The Kier molecular flexibility index (Phi) is 3.72. The molecular weight excluding hydrogens is 240 g/mol. The van der Waals surface area contributed by atoms with Gasteiger partial charge >= 0.3 is 0 Å². The molecule has 3 heteroatoms. The van der Waals surface area contributed by atoms with Crippen molar-refractivity contribution in [3.05, 3.63) is 0 Å². The van der Waals surface area contributed by atoms with Crippen molar-refractivity contribution >= 4 is 8.32 Å². The maximum atomic E-state index is 9.89. The molecule has 2 nitrogen and oxygen atoms in total. The third-order valence-electron chi connectivity index (χ3n) is 5.68. The monoisotopic (exact) mass is 270 g/mol. The summed E-state index contributed by atoms with van der Waals surface area (Å²) in [6, 6.07) is 0. The molecule has 0 radical (unpaired) electrons. The average molecular weight is 270 g/mol. The molecule has 0 aromatic rings. The van der Waals surface area contributed by atoms with Gasteiger partial charge in [0.05, 0.1) is 12.2 Å². The van der Waals surface area contributed by atoms with Gasteiger partial charge in [-0.05, 0) is 55.7 Å². The van der Waals surface area contributed by atoms with Crippen LogP contribution in [0.2, 0.25) is 18.1 Å². The first-order valence-corrected chi connectivity index (χ1v) is 10.4. The van der Waals surface area contributed by atoms with Crippen LogP contribution in [-0.4, -0.2) is 25.6 Å². The summed E-state index contributed by atoms with van der Waals surface area (Å²) in [5.74, 6) is 0. The average Bonchev–Trinajstić information content (AvgIpc) is 2.74.